The topological polar surface area (TPSA) is 0 Å². The number of hydrogen-bond acceptors (Lipinski definition) is 0. The molecule has 0 N–H and O–H groups in total. The first-order valence-electron chi connectivity index (χ1n) is 7.09. The first-order valence-corrected chi connectivity index (χ1v) is 7.09. The molecule has 0 spiro atoms. The Bertz CT molecular complexity index is 168. The molecule has 1 saturated carbocycles. The largest absolute Gasteiger partial charge is 0.0628 e. The highest BCUT2D eigenvalue weighted by Gasteiger charge is 2.21. The summed E-state index contributed by atoms with van der Waals surface area (Å²) in [5, 5.41) is 0. The van der Waals surface area contributed by atoms with Gasteiger partial charge >= 0.3 is 0 Å². The lowest BCUT2D eigenvalue weighted by atomic mass is 9.83. The van der Waals surface area contributed by atoms with Crippen molar-refractivity contribution in [3.05, 3.63) is 0 Å². The Labute approximate surface area is 99.8 Å². The van der Waals surface area contributed by atoms with E-state index in [1.54, 1.807) is 0 Å². The second-order valence-corrected chi connectivity index (χ2v) is 6.32. The van der Waals surface area contributed by atoms with Gasteiger partial charge in [0.1, 0.15) is 0 Å². The normalized spacial score (nSPS) is 30.2. The van der Waals surface area contributed by atoms with Crippen LogP contribution in [0.5, 0.6) is 0 Å². The molecule has 0 heterocycles. The van der Waals surface area contributed by atoms with Crippen LogP contribution in [0.25, 0.3) is 0 Å². The van der Waals surface area contributed by atoms with Crippen molar-refractivity contribution in [3.8, 4) is 0 Å². The zero-order valence-corrected chi connectivity index (χ0v) is 11.3. The Balaban J connectivity index is 0. The zero-order valence-electron chi connectivity index (χ0n) is 11.3. The van der Waals surface area contributed by atoms with Gasteiger partial charge in [-0.15, -0.1) is 0 Å². The van der Waals surface area contributed by atoms with Crippen molar-refractivity contribution in [3.63, 3.8) is 0 Å². The molecule has 0 aromatic carbocycles. The van der Waals surface area contributed by atoms with Gasteiger partial charge in [0.25, 0.3) is 0 Å². The van der Waals surface area contributed by atoms with Crippen LogP contribution in [-0.2, 0) is 0 Å². The van der Waals surface area contributed by atoms with E-state index < -0.39 is 0 Å². The summed E-state index contributed by atoms with van der Waals surface area (Å²) < 4.78 is 0. The lowest BCUT2D eigenvalue weighted by molar-refractivity contribution is 0.284. The molecule has 0 saturated heterocycles. The fraction of sp³-hybridized carbons (Fsp3) is 1.00. The van der Waals surface area contributed by atoms with E-state index in [1.807, 2.05) is 0 Å². The van der Waals surface area contributed by atoms with E-state index in [-0.39, 0.29) is 2.85 Å². The molecule has 0 aliphatic heterocycles. The van der Waals surface area contributed by atoms with Crippen molar-refractivity contribution in [1.29, 1.82) is 0 Å². The molecule has 0 radical (unpaired) electrons. The minimum atomic E-state index is 0. The molecular formula is C15H34. The summed E-state index contributed by atoms with van der Waals surface area (Å²) in [7, 11) is 0. The van der Waals surface area contributed by atoms with Gasteiger partial charge in [-0.2, -0.15) is 0 Å². The predicted molar refractivity (Wildman–Crippen MR) is 73.2 cm³/mol. The zero-order chi connectivity index (χ0) is 11.3. The van der Waals surface area contributed by atoms with Crippen molar-refractivity contribution < 1.29 is 2.85 Å². The fourth-order valence-electron chi connectivity index (χ4n) is 2.92. The van der Waals surface area contributed by atoms with Gasteiger partial charge < -0.3 is 0 Å². The van der Waals surface area contributed by atoms with Gasteiger partial charge in [0.05, 0.1) is 0 Å². The van der Waals surface area contributed by atoms with Gasteiger partial charge in [0.15, 0.2) is 0 Å². The highest BCUT2D eigenvalue weighted by atomic mass is 14.3. The van der Waals surface area contributed by atoms with Gasteiger partial charge in [-0.1, -0.05) is 66.2 Å². The van der Waals surface area contributed by atoms with E-state index >= 15 is 0 Å². The van der Waals surface area contributed by atoms with Crippen molar-refractivity contribution >= 4 is 0 Å². The minimum Gasteiger partial charge on any atom is -0.0628 e. The summed E-state index contributed by atoms with van der Waals surface area (Å²) in [6, 6.07) is 0. The molecule has 0 heteroatoms. The summed E-state index contributed by atoms with van der Waals surface area (Å²) in [5.41, 5.74) is 0. The van der Waals surface area contributed by atoms with Crippen LogP contribution < -0.4 is 0 Å². The van der Waals surface area contributed by atoms with Crippen LogP contribution in [0.1, 0.15) is 75.5 Å². The summed E-state index contributed by atoms with van der Waals surface area (Å²) in [4.78, 5) is 0. The van der Waals surface area contributed by atoms with E-state index in [1.165, 1.54) is 44.9 Å². The van der Waals surface area contributed by atoms with Gasteiger partial charge in [-0.3, -0.25) is 0 Å². The highest BCUT2D eigenvalue weighted by molar-refractivity contribution is 4.72. The molecule has 1 fully saturated rings. The second-order valence-electron chi connectivity index (χ2n) is 6.32. The maximum Gasteiger partial charge on any atom is 0 e. The fourth-order valence-corrected chi connectivity index (χ4v) is 2.92. The van der Waals surface area contributed by atoms with Gasteiger partial charge in [0.2, 0.25) is 0 Å². The van der Waals surface area contributed by atoms with Gasteiger partial charge in [-0.25, -0.2) is 0 Å². The average molecular weight is 214 g/mol. The maximum atomic E-state index is 2.49. The Morgan fingerprint density at radius 2 is 1.73 bits per heavy atom. The highest BCUT2D eigenvalue weighted by Crippen LogP contribution is 2.33. The molecule has 94 valence electrons. The first-order chi connectivity index (χ1) is 7.09. The molecule has 1 aliphatic carbocycles. The average Bonchev–Trinajstić information content (AvgIpc) is 2.39. The van der Waals surface area contributed by atoms with Crippen molar-refractivity contribution in [2.24, 2.45) is 23.7 Å². The quantitative estimate of drug-likeness (QED) is 0.521. The Kier molecular flexibility index (Phi) is 5.71. The summed E-state index contributed by atoms with van der Waals surface area (Å²) in [5.74, 6) is 3.89. The van der Waals surface area contributed by atoms with E-state index in [0.717, 1.165) is 23.7 Å². The second kappa shape index (κ2) is 6.55. The Morgan fingerprint density at radius 1 is 1.00 bits per heavy atom. The lowest BCUT2D eigenvalue weighted by Crippen LogP contribution is -2.12. The SMILES string of the molecule is CC(C)CCC(C)C1CCCC(C)CC1.[HH].[HH]. The standard InChI is InChI=1S/C15H30.2H2/c1-12(2)8-10-14(4)15-7-5-6-13(3)9-11-15;;/h12-15H,5-11H2,1-4H3;2*1H. The number of rotatable bonds is 4. The van der Waals surface area contributed by atoms with Crippen molar-refractivity contribution in [1.82, 2.24) is 0 Å². The van der Waals surface area contributed by atoms with E-state index in [9.17, 15) is 0 Å². The molecule has 3 atom stereocenters. The third-order valence-corrected chi connectivity index (χ3v) is 4.31. The van der Waals surface area contributed by atoms with Crippen molar-refractivity contribution in [2.45, 2.75) is 72.6 Å². The lowest BCUT2D eigenvalue weighted by Gasteiger charge is -2.23. The Morgan fingerprint density at radius 3 is 2.40 bits per heavy atom. The van der Waals surface area contributed by atoms with Crippen LogP contribution in [-0.4, -0.2) is 0 Å². The summed E-state index contributed by atoms with van der Waals surface area (Å²) >= 11 is 0. The van der Waals surface area contributed by atoms with Crippen LogP contribution in [0.2, 0.25) is 0 Å². The third-order valence-electron chi connectivity index (χ3n) is 4.31. The van der Waals surface area contributed by atoms with Gasteiger partial charge in [0, 0.05) is 2.85 Å². The smallest absolute Gasteiger partial charge is 0 e. The summed E-state index contributed by atoms with van der Waals surface area (Å²) in [6.07, 6.45) is 10.3. The molecular weight excluding hydrogens is 180 g/mol. The van der Waals surface area contributed by atoms with E-state index in [0.29, 0.717) is 0 Å². The monoisotopic (exact) mass is 214 g/mol. The maximum absolute atomic E-state index is 2.49. The van der Waals surface area contributed by atoms with Crippen LogP contribution in [0, 0.1) is 23.7 Å². The van der Waals surface area contributed by atoms with Crippen molar-refractivity contribution in [2.75, 3.05) is 0 Å². The molecule has 1 aliphatic rings. The molecule has 0 amide bonds. The van der Waals surface area contributed by atoms with Crippen LogP contribution >= 0.6 is 0 Å². The molecule has 1 rings (SSSR count). The molecule has 3 unspecified atom stereocenters. The molecule has 0 bridgehead atoms. The molecule has 15 heavy (non-hydrogen) atoms. The van der Waals surface area contributed by atoms with Crippen LogP contribution in [0.3, 0.4) is 0 Å². The van der Waals surface area contributed by atoms with E-state index in [2.05, 4.69) is 27.7 Å². The van der Waals surface area contributed by atoms with Crippen LogP contribution in [0.4, 0.5) is 0 Å². The molecule has 0 nitrogen and oxygen atoms in total. The summed E-state index contributed by atoms with van der Waals surface area (Å²) in [6.45, 7) is 9.62. The number of hydrogen-bond donors (Lipinski definition) is 0. The Hall–Kier alpha value is 0. The van der Waals surface area contributed by atoms with Gasteiger partial charge in [-0.05, 0) is 30.1 Å². The molecule has 0 aromatic heterocycles. The third kappa shape index (κ3) is 5.04. The minimum absolute atomic E-state index is 0. The molecule has 0 aromatic rings. The van der Waals surface area contributed by atoms with Crippen LogP contribution in [0.15, 0.2) is 0 Å². The predicted octanol–water partition coefficient (Wildman–Crippen LogP) is 5.77. The van der Waals surface area contributed by atoms with E-state index in [4.69, 9.17) is 0 Å². The first kappa shape index (κ1) is 13.1.